The molecule has 0 aliphatic carbocycles. The minimum atomic E-state index is -0.730. The van der Waals surface area contributed by atoms with Gasteiger partial charge in [-0.3, -0.25) is 33.5 Å². The van der Waals surface area contributed by atoms with Gasteiger partial charge in [0.15, 0.2) is 0 Å². The van der Waals surface area contributed by atoms with E-state index in [1.54, 1.807) is 12.1 Å². The summed E-state index contributed by atoms with van der Waals surface area (Å²) in [5.41, 5.74) is 8.00. The van der Waals surface area contributed by atoms with Crippen molar-refractivity contribution in [3.8, 4) is 5.88 Å². The number of carbonyl (C=O) groups is 3. The minimum Gasteiger partial charge on any atom is -0.494 e. The number of nitrogens with one attached hydrogen (secondary N) is 4. The van der Waals surface area contributed by atoms with E-state index < -0.39 is 17.1 Å². The summed E-state index contributed by atoms with van der Waals surface area (Å²) in [4.78, 5) is 72.7. The number of aromatic hydroxyl groups is 1. The zero-order valence-corrected chi connectivity index (χ0v) is 33.7. The normalized spacial score (nSPS) is 17.3. The number of pyridine rings is 1. The SMILES string of the molecule is Cn1c(O)c(C(CCOCCOCCOCCOCCNC(=O)CCCC[C@@H]2SC[C@@H]3NC(=O)N[C@@H]32)=NCCC(=O)Nc2ccc(CN=[N+]=[N-])nc2)c(=O)n(C)c1=O. The van der Waals surface area contributed by atoms with Crippen LogP contribution in [0.25, 0.3) is 10.4 Å². The van der Waals surface area contributed by atoms with Gasteiger partial charge in [-0.1, -0.05) is 11.5 Å². The van der Waals surface area contributed by atoms with Gasteiger partial charge < -0.3 is 45.3 Å². The van der Waals surface area contributed by atoms with Gasteiger partial charge in [0.05, 0.1) is 89.1 Å². The zero-order chi connectivity index (χ0) is 41.7. The number of hydrogen-bond acceptors (Lipinski definition) is 14. The van der Waals surface area contributed by atoms with Gasteiger partial charge in [-0.15, -0.1) is 0 Å². The maximum atomic E-state index is 13.0. The fourth-order valence-electron chi connectivity index (χ4n) is 6.14. The van der Waals surface area contributed by atoms with Crippen LogP contribution in [0.15, 0.2) is 38.0 Å². The summed E-state index contributed by atoms with van der Waals surface area (Å²) in [6, 6.07) is 3.56. The summed E-state index contributed by atoms with van der Waals surface area (Å²) >= 11 is 1.88. The van der Waals surface area contributed by atoms with Crippen LogP contribution in [0.4, 0.5) is 10.5 Å². The molecule has 0 bridgehead atoms. The Morgan fingerprint density at radius 3 is 2.34 bits per heavy atom. The van der Waals surface area contributed by atoms with Crippen molar-refractivity contribution in [2.75, 3.05) is 77.0 Å². The Bertz CT molecular complexity index is 1870. The van der Waals surface area contributed by atoms with Crippen molar-refractivity contribution < 1.29 is 38.4 Å². The van der Waals surface area contributed by atoms with Crippen LogP contribution < -0.4 is 32.5 Å². The number of unbranched alkanes of at least 4 members (excludes halogenated alkanes) is 1. The second-order valence-electron chi connectivity index (χ2n) is 13.4. The number of anilines is 1. The molecule has 58 heavy (non-hydrogen) atoms. The molecule has 5 N–H and O–H groups in total. The van der Waals surface area contributed by atoms with E-state index in [1.165, 1.54) is 20.3 Å². The maximum Gasteiger partial charge on any atom is 0.333 e. The Balaban J connectivity index is 1.04. The lowest BCUT2D eigenvalue weighted by molar-refractivity contribution is -0.121. The molecule has 2 aromatic rings. The van der Waals surface area contributed by atoms with Crippen molar-refractivity contribution in [1.82, 2.24) is 30.1 Å². The van der Waals surface area contributed by atoms with Gasteiger partial charge in [-0.05, 0) is 30.5 Å². The van der Waals surface area contributed by atoms with Crippen LogP contribution >= 0.6 is 11.8 Å². The lowest BCUT2D eigenvalue weighted by atomic mass is 10.0. The number of rotatable bonds is 27. The van der Waals surface area contributed by atoms with Gasteiger partial charge in [0.2, 0.25) is 17.7 Å². The number of carbonyl (C=O) groups excluding carboxylic acids is 3. The van der Waals surface area contributed by atoms with Crippen LogP contribution in [0.1, 0.15) is 49.8 Å². The third-order valence-corrected chi connectivity index (χ3v) is 10.7. The number of urea groups is 1. The molecule has 4 heterocycles. The van der Waals surface area contributed by atoms with E-state index in [0.29, 0.717) is 62.6 Å². The molecule has 21 nitrogen and oxygen atoms in total. The number of azide groups is 1. The Morgan fingerprint density at radius 2 is 1.66 bits per heavy atom. The molecule has 4 rings (SSSR count). The van der Waals surface area contributed by atoms with Crippen LogP contribution in [-0.4, -0.2) is 132 Å². The van der Waals surface area contributed by atoms with Crippen molar-refractivity contribution >= 4 is 41.0 Å². The van der Waals surface area contributed by atoms with Gasteiger partial charge in [-0.25, -0.2) is 9.59 Å². The summed E-state index contributed by atoms with van der Waals surface area (Å²) in [5.74, 6) is 0.0182. The molecule has 0 saturated carbocycles. The number of aromatic nitrogens is 3. The molecule has 318 valence electrons. The summed E-state index contributed by atoms with van der Waals surface area (Å²) in [5, 5.41) is 26.0. The second kappa shape index (κ2) is 24.7. The molecule has 2 saturated heterocycles. The Morgan fingerprint density at radius 1 is 0.948 bits per heavy atom. The first-order valence-electron chi connectivity index (χ1n) is 19.1. The number of thioether (sulfide) groups is 1. The van der Waals surface area contributed by atoms with E-state index in [1.807, 2.05) is 11.8 Å². The third-order valence-electron chi connectivity index (χ3n) is 9.22. The predicted molar refractivity (Wildman–Crippen MR) is 215 cm³/mol. The van der Waals surface area contributed by atoms with Crippen LogP contribution in [0.3, 0.4) is 0 Å². The first kappa shape index (κ1) is 45.7. The molecule has 0 spiro atoms. The molecule has 2 aromatic heterocycles. The van der Waals surface area contributed by atoms with Crippen molar-refractivity contribution in [3.05, 3.63) is 60.9 Å². The molecular weight excluding hydrogens is 779 g/mol. The van der Waals surface area contributed by atoms with E-state index in [4.69, 9.17) is 24.5 Å². The molecule has 0 unspecified atom stereocenters. The first-order chi connectivity index (χ1) is 28.1. The number of fused-ring (bicyclic) bond motifs is 1. The fraction of sp³-hybridized carbons (Fsp3) is 0.639. The lowest BCUT2D eigenvalue weighted by Gasteiger charge is -2.16. The van der Waals surface area contributed by atoms with Crippen LogP contribution in [0.5, 0.6) is 5.88 Å². The van der Waals surface area contributed by atoms with E-state index >= 15 is 0 Å². The van der Waals surface area contributed by atoms with Gasteiger partial charge in [0.25, 0.3) is 5.56 Å². The summed E-state index contributed by atoms with van der Waals surface area (Å²) in [7, 11) is 2.63. The molecule has 0 radical (unpaired) electrons. The van der Waals surface area contributed by atoms with Gasteiger partial charge in [0, 0.05) is 68.1 Å². The second-order valence-corrected chi connectivity index (χ2v) is 14.6. The molecular formula is C36H53N11O10S. The fourth-order valence-corrected chi connectivity index (χ4v) is 7.68. The van der Waals surface area contributed by atoms with E-state index in [2.05, 4.69) is 41.3 Å². The highest BCUT2D eigenvalue weighted by Gasteiger charge is 2.42. The smallest absolute Gasteiger partial charge is 0.333 e. The molecule has 22 heteroatoms. The highest BCUT2D eigenvalue weighted by molar-refractivity contribution is 8.00. The third kappa shape index (κ3) is 14.7. The van der Waals surface area contributed by atoms with Crippen LogP contribution in [0, 0.1) is 0 Å². The van der Waals surface area contributed by atoms with Crippen molar-refractivity contribution in [2.45, 2.75) is 62.4 Å². The number of nitrogens with zero attached hydrogens (tertiary/aromatic N) is 7. The molecule has 2 aliphatic rings. The molecule has 0 aromatic carbocycles. The summed E-state index contributed by atoms with van der Waals surface area (Å²) < 4.78 is 24.1. The highest BCUT2D eigenvalue weighted by atomic mass is 32.2. The molecule has 2 fully saturated rings. The lowest BCUT2D eigenvalue weighted by Crippen LogP contribution is -2.40. The quantitative estimate of drug-likeness (QED) is 0.0212. The average molecular weight is 832 g/mol. The van der Waals surface area contributed by atoms with Gasteiger partial charge in [0.1, 0.15) is 5.56 Å². The van der Waals surface area contributed by atoms with Crippen LogP contribution in [-0.2, 0) is 49.2 Å². The van der Waals surface area contributed by atoms with Crippen molar-refractivity contribution in [1.29, 1.82) is 0 Å². The van der Waals surface area contributed by atoms with E-state index in [0.717, 1.165) is 34.1 Å². The zero-order valence-electron chi connectivity index (χ0n) is 32.9. The van der Waals surface area contributed by atoms with E-state index in [9.17, 15) is 29.1 Å². The monoisotopic (exact) mass is 831 g/mol. The minimum absolute atomic E-state index is 0.00220. The topological polar surface area (TPSA) is 274 Å². The highest BCUT2D eigenvalue weighted by Crippen LogP contribution is 2.33. The standard InChI is InChI=1S/C36H53N11O10S/c1-46-33(50)31(34(51)47(2)36(46)53)26(38-11-9-30(49)42-25-8-7-24(40-21-25)22-41-45-37)10-13-54-15-17-56-19-20-57-18-16-55-14-12-39-29(48)6-4-3-5-28-32-27(23-58-28)43-35(52)44-32/h7-8,21,27-28,32,50H,3-6,9-20,22-23H2,1-2H3,(H,39,48)(H,42,49)(H2,43,44,52)/t27-,28-,32-/m0/s1. The van der Waals surface area contributed by atoms with Crippen LogP contribution in [0.2, 0.25) is 0 Å². The Kier molecular flexibility index (Phi) is 19.5. The maximum absolute atomic E-state index is 13.0. The molecule has 2 aliphatic heterocycles. The number of ether oxygens (including phenoxy) is 4. The number of aliphatic imine (C=N–C) groups is 1. The first-order valence-corrected chi connectivity index (χ1v) is 20.2. The Labute approximate surface area is 339 Å². The van der Waals surface area contributed by atoms with Crippen molar-refractivity contribution in [2.24, 2.45) is 24.2 Å². The number of amides is 4. The predicted octanol–water partition coefficient (Wildman–Crippen LogP) is 1.11. The molecule has 4 amide bonds. The molecule has 3 atom stereocenters. The van der Waals surface area contributed by atoms with Gasteiger partial charge >= 0.3 is 11.7 Å². The van der Waals surface area contributed by atoms with E-state index in [-0.39, 0.29) is 87.0 Å². The number of hydrogen-bond donors (Lipinski definition) is 5. The van der Waals surface area contributed by atoms with Gasteiger partial charge in [-0.2, -0.15) is 11.8 Å². The average Bonchev–Trinajstić information content (AvgIpc) is 3.77. The van der Waals surface area contributed by atoms with Crippen molar-refractivity contribution in [3.63, 3.8) is 0 Å². The summed E-state index contributed by atoms with van der Waals surface area (Å²) in [6.45, 7) is 2.91. The largest absolute Gasteiger partial charge is 0.494 e. The summed E-state index contributed by atoms with van der Waals surface area (Å²) in [6.07, 6.45) is 4.66. The Hall–Kier alpha value is -4.99.